The summed E-state index contributed by atoms with van der Waals surface area (Å²) in [6.45, 7) is 6.36. The molecule has 2 rings (SSSR count). The van der Waals surface area contributed by atoms with Gasteiger partial charge in [-0.3, -0.25) is 4.79 Å². The van der Waals surface area contributed by atoms with Gasteiger partial charge in [-0.2, -0.15) is 0 Å². The second kappa shape index (κ2) is 6.50. The van der Waals surface area contributed by atoms with Crippen molar-refractivity contribution in [2.45, 2.75) is 33.4 Å². The van der Waals surface area contributed by atoms with E-state index in [1.807, 2.05) is 57.2 Å². The van der Waals surface area contributed by atoms with Gasteiger partial charge in [0.2, 0.25) is 0 Å². The zero-order valence-electron chi connectivity index (χ0n) is 12.7. The van der Waals surface area contributed by atoms with Gasteiger partial charge in [0.15, 0.2) is 0 Å². The number of carbonyl (C=O) groups excluding carboxylic acids is 1. The van der Waals surface area contributed by atoms with Crippen LogP contribution in [0.5, 0.6) is 0 Å². The number of amides is 1. The van der Waals surface area contributed by atoms with Crippen molar-refractivity contribution in [3.63, 3.8) is 0 Å². The maximum atomic E-state index is 12.7. The van der Waals surface area contributed by atoms with Crippen molar-refractivity contribution in [1.82, 2.24) is 4.98 Å². The highest BCUT2D eigenvalue weighted by Crippen LogP contribution is 2.20. The molecule has 2 aromatic rings. The van der Waals surface area contributed by atoms with Crippen LogP contribution in [0.1, 0.15) is 35.6 Å². The molecule has 0 spiro atoms. The van der Waals surface area contributed by atoms with Crippen molar-refractivity contribution in [2.24, 2.45) is 5.73 Å². The highest BCUT2D eigenvalue weighted by molar-refractivity contribution is 6.05. The van der Waals surface area contributed by atoms with Crippen LogP contribution in [0.4, 0.5) is 5.69 Å². The van der Waals surface area contributed by atoms with Crippen LogP contribution in [-0.2, 0) is 6.54 Å². The molecule has 0 aliphatic rings. The van der Waals surface area contributed by atoms with Gasteiger partial charge >= 0.3 is 0 Å². The number of hydrogen-bond donors (Lipinski definition) is 1. The van der Waals surface area contributed by atoms with E-state index in [9.17, 15) is 4.79 Å². The van der Waals surface area contributed by atoms with Crippen molar-refractivity contribution in [3.05, 3.63) is 59.4 Å². The summed E-state index contributed by atoms with van der Waals surface area (Å²) >= 11 is 0. The van der Waals surface area contributed by atoms with Gasteiger partial charge < -0.3 is 10.6 Å². The molecule has 21 heavy (non-hydrogen) atoms. The Morgan fingerprint density at radius 2 is 1.86 bits per heavy atom. The lowest BCUT2D eigenvalue weighted by Gasteiger charge is -2.26. The van der Waals surface area contributed by atoms with E-state index in [0.717, 1.165) is 16.9 Å². The van der Waals surface area contributed by atoms with Crippen LogP contribution < -0.4 is 10.6 Å². The monoisotopic (exact) mass is 283 g/mol. The number of benzene rings is 1. The Morgan fingerprint density at radius 1 is 1.19 bits per heavy atom. The smallest absolute Gasteiger partial charge is 0.277 e. The van der Waals surface area contributed by atoms with Gasteiger partial charge in [0.05, 0.1) is 0 Å². The Hall–Kier alpha value is -2.20. The number of rotatable bonds is 4. The van der Waals surface area contributed by atoms with E-state index in [1.54, 1.807) is 11.0 Å². The van der Waals surface area contributed by atoms with Gasteiger partial charge in [0.1, 0.15) is 5.69 Å². The summed E-state index contributed by atoms with van der Waals surface area (Å²) in [6, 6.07) is 13.3. The number of aryl methyl sites for hydroxylation is 1. The molecule has 1 aromatic heterocycles. The third-order valence-electron chi connectivity index (χ3n) is 3.29. The van der Waals surface area contributed by atoms with E-state index in [0.29, 0.717) is 12.2 Å². The van der Waals surface area contributed by atoms with E-state index >= 15 is 0 Å². The number of pyridine rings is 1. The average molecular weight is 283 g/mol. The molecule has 4 nitrogen and oxygen atoms in total. The first-order valence-electron chi connectivity index (χ1n) is 7.09. The van der Waals surface area contributed by atoms with Crippen LogP contribution in [0, 0.1) is 6.92 Å². The number of aromatic nitrogens is 1. The topological polar surface area (TPSA) is 59.2 Å². The molecule has 0 aliphatic carbocycles. The van der Waals surface area contributed by atoms with E-state index in [-0.39, 0.29) is 11.9 Å². The Morgan fingerprint density at radius 3 is 2.38 bits per heavy atom. The minimum absolute atomic E-state index is 0.0449. The summed E-state index contributed by atoms with van der Waals surface area (Å²) in [5.41, 5.74) is 8.82. The number of nitrogens with zero attached hydrogens (tertiary/aromatic N) is 2. The molecule has 0 unspecified atom stereocenters. The summed E-state index contributed by atoms with van der Waals surface area (Å²) in [5.74, 6) is -0.0887. The third kappa shape index (κ3) is 3.47. The van der Waals surface area contributed by atoms with E-state index in [2.05, 4.69) is 4.98 Å². The molecule has 0 bridgehead atoms. The Kier molecular flexibility index (Phi) is 4.70. The molecule has 0 aliphatic heterocycles. The molecule has 2 N–H and O–H groups in total. The number of carbonyl (C=O) groups is 1. The minimum Gasteiger partial charge on any atom is -0.326 e. The molecule has 0 radical (unpaired) electrons. The van der Waals surface area contributed by atoms with Crippen LogP contribution in [0.15, 0.2) is 42.5 Å². The quantitative estimate of drug-likeness (QED) is 0.938. The number of anilines is 1. The Bertz CT molecular complexity index is 620. The maximum absolute atomic E-state index is 12.7. The van der Waals surface area contributed by atoms with Crippen molar-refractivity contribution in [1.29, 1.82) is 0 Å². The zero-order chi connectivity index (χ0) is 15.4. The van der Waals surface area contributed by atoms with E-state index in [1.165, 1.54) is 0 Å². The van der Waals surface area contributed by atoms with Gasteiger partial charge in [-0.05, 0) is 50.6 Å². The SMILES string of the molecule is Cc1cccc(C(=O)N(c2ccc(CN)cc2)C(C)C)n1. The van der Waals surface area contributed by atoms with Crippen LogP contribution in [0.2, 0.25) is 0 Å². The first-order chi connectivity index (χ1) is 10.0. The van der Waals surface area contributed by atoms with Crippen LogP contribution in [0.3, 0.4) is 0 Å². The van der Waals surface area contributed by atoms with Crippen LogP contribution in [-0.4, -0.2) is 16.9 Å². The van der Waals surface area contributed by atoms with Gasteiger partial charge in [0.25, 0.3) is 5.91 Å². The lowest BCUT2D eigenvalue weighted by molar-refractivity contribution is 0.0975. The van der Waals surface area contributed by atoms with E-state index in [4.69, 9.17) is 5.73 Å². The lowest BCUT2D eigenvalue weighted by atomic mass is 10.1. The average Bonchev–Trinajstić information content (AvgIpc) is 2.47. The highest BCUT2D eigenvalue weighted by atomic mass is 16.2. The van der Waals surface area contributed by atoms with Gasteiger partial charge in [-0.15, -0.1) is 0 Å². The summed E-state index contributed by atoms with van der Waals surface area (Å²) < 4.78 is 0. The molecule has 4 heteroatoms. The second-order valence-corrected chi connectivity index (χ2v) is 5.30. The number of hydrogen-bond acceptors (Lipinski definition) is 3. The molecule has 0 atom stereocenters. The second-order valence-electron chi connectivity index (χ2n) is 5.30. The molecule has 0 saturated carbocycles. The highest BCUT2D eigenvalue weighted by Gasteiger charge is 2.21. The predicted molar refractivity (Wildman–Crippen MR) is 85.3 cm³/mol. The van der Waals surface area contributed by atoms with Gasteiger partial charge in [-0.1, -0.05) is 18.2 Å². The maximum Gasteiger partial charge on any atom is 0.277 e. The summed E-state index contributed by atoms with van der Waals surface area (Å²) in [5, 5.41) is 0. The molecule has 1 amide bonds. The lowest BCUT2D eigenvalue weighted by Crippen LogP contribution is -2.37. The third-order valence-corrected chi connectivity index (χ3v) is 3.29. The number of nitrogens with two attached hydrogens (primary N) is 1. The largest absolute Gasteiger partial charge is 0.326 e. The van der Waals surface area contributed by atoms with Crippen molar-refractivity contribution < 1.29 is 4.79 Å². The summed E-state index contributed by atoms with van der Waals surface area (Å²) in [7, 11) is 0. The van der Waals surface area contributed by atoms with Crippen LogP contribution in [0.25, 0.3) is 0 Å². The standard InChI is InChI=1S/C17H21N3O/c1-12(2)20(15-9-7-14(11-18)8-10-15)17(21)16-6-4-5-13(3)19-16/h4-10,12H,11,18H2,1-3H3. The Labute approximate surface area is 125 Å². The first-order valence-corrected chi connectivity index (χ1v) is 7.09. The molecular formula is C17H21N3O. The molecule has 0 fully saturated rings. The first kappa shape index (κ1) is 15.2. The Balaban J connectivity index is 2.36. The summed E-state index contributed by atoms with van der Waals surface area (Å²) in [4.78, 5) is 18.8. The van der Waals surface area contributed by atoms with Gasteiger partial charge in [-0.25, -0.2) is 4.98 Å². The fourth-order valence-corrected chi connectivity index (χ4v) is 2.23. The fraction of sp³-hybridized carbons (Fsp3) is 0.294. The molecule has 1 heterocycles. The molecule has 0 saturated heterocycles. The predicted octanol–water partition coefficient (Wildman–Crippen LogP) is 2.90. The molecular weight excluding hydrogens is 262 g/mol. The summed E-state index contributed by atoms with van der Waals surface area (Å²) in [6.07, 6.45) is 0. The normalized spacial score (nSPS) is 10.7. The zero-order valence-corrected chi connectivity index (χ0v) is 12.7. The minimum atomic E-state index is -0.0887. The molecule has 110 valence electrons. The van der Waals surface area contributed by atoms with Crippen molar-refractivity contribution in [2.75, 3.05) is 4.90 Å². The molecule has 1 aromatic carbocycles. The van der Waals surface area contributed by atoms with E-state index < -0.39 is 0 Å². The van der Waals surface area contributed by atoms with Crippen molar-refractivity contribution >= 4 is 11.6 Å². The van der Waals surface area contributed by atoms with Crippen LogP contribution >= 0.6 is 0 Å². The fourth-order valence-electron chi connectivity index (χ4n) is 2.23. The van der Waals surface area contributed by atoms with Gasteiger partial charge in [0, 0.05) is 24.0 Å². The van der Waals surface area contributed by atoms with Crippen molar-refractivity contribution in [3.8, 4) is 0 Å².